The molecule has 4 nitrogen and oxygen atoms in total. The van der Waals surface area contributed by atoms with Crippen LogP contribution in [0.5, 0.6) is 0 Å². The highest BCUT2D eigenvalue weighted by Gasteiger charge is 2.16. The fraction of sp³-hybridized carbons (Fsp3) is 0.538. The minimum atomic E-state index is -0.0248. The van der Waals surface area contributed by atoms with Crippen LogP contribution in [0.4, 0.5) is 5.82 Å². The molecule has 0 radical (unpaired) electrons. The number of hydrogen-bond donors (Lipinski definition) is 2. The van der Waals surface area contributed by atoms with Crippen molar-refractivity contribution >= 4 is 23.3 Å². The van der Waals surface area contributed by atoms with Crippen LogP contribution in [0.15, 0.2) is 12.3 Å². The first kappa shape index (κ1) is 14.8. The molecule has 0 spiro atoms. The lowest BCUT2D eigenvalue weighted by atomic mass is 10.1. The second kappa shape index (κ2) is 6.59. The first-order valence-corrected chi connectivity index (χ1v) is 6.62. The average Bonchev–Trinajstić information content (AvgIpc) is 2.35. The highest BCUT2D eigenvalue weighted by atomic mass is 35.5. The Morgan fingerprint density at radius 3 is 2.72 bits per heavy atom. The molecule has 0 amide bonds. The maximum atomic E-state index is 7.50. The quantitative estimate of drug-likeness (QED) is 0.616. The minimum Gasteiger partial charge on any atom is -0.384 e. The fourth-order valence-corrected chi connectivity index (χ4v) is 2.06. The Labute approximate surface area is 114 Å². The number of aromatic nitrogens is 1. The van der Waals surface area contributed by atoms with Gasteiger partial charge in [-0.05, 0) is 18.9 Å². The van der Waals surface area contributed by atoms with E-state index in [2.05, 4.69) is 30.7 Å². The number of halogens is 1. The van der Waals surface area contributed by atoms with E-state index in [-0.39, 0.29) is 5.84 Å². The SMILES string of the molecule is CCC(C)CN(CC)c1nccc(C(=N)N)c1Cl. The van der Waals surface area contributed by atoms with Crippen LogP contribution in [0.3, 0.4) is 0 Å². The molecule has 18 heavy (non-hydrogen) atoms. The molecule has 0 saturated heterocycles. The molecule has 0 bridgehead atoms. The zero-order chi connectivity index (χ0) is 13.7. The lowest BCUT2D eigenvalue weighted by Crippen LogP contribution is -2.29. The average molecular weight is 269 g/mol. The summed E-state index contributed by atoms with van der Waals surface area (Å²) in [5.41, 5.74) is 6.05. The molecule has 1 atom stereocenters. The lowest BCUT2D eigenvalue weighted by Gasteiger charge is -2.26. The summed E-state index contributed by atoms with van der Waals surface area (Å²) in [7, 11) is 0. The van der Waals surface area contributed by atoms with E-state index in [0.29, 0.717) is 22.3 Å². The fourth-order valence-electron chi connectivity index (χ4n) is 1.73. The highest BCUT2D eigenvalue weighted by molar-refractivity contribution is 6.36. The Bertz CT molecular complexity index is 419. The Balaban J connectivity index is 3.06. The highest BCUT2D eigenvalue weighted by Crippen LogP contribution is 2.27. The van der Waals surface area contributed by atoms with E-state index in [0.717, 1.165) is 19.5 Å². The van der Waals surface area contributed by atoms with Crippen molar-refractivity contribution < 1.29 is 0 Å². The lowest BCUT2D eigenvalue weighted by molar-refractivity contribution is 0.545. The van der Waals surface area contributed by atoms with Crippen LogP contribution < -0.4 is 10.6 Å². The summed E-state index contributed by atoms with van der Waals surface area (Å²) >= 11 is 6.28. The molecular weight excluding hydrogens is 248 g/mol. The van der Waals surface area contributed by atoms with E-state index in [1.54, 1.807) is 12.3 Å². The van der Waals surface area contributed by atoms with E-state index in [4.69, 9.17) is 22.7 Å². The summed E-state index contributed by atoms with van der Waals surface area (Å²) in [5.74, 6) is 1.26. The zero-order valence-corrected chi connectivity index (χ0v) is 12.0. The van der Waals surface area contributed by atoms with Crippen LogP contribution in [0, 0.1) is 11.3 Å². The number of nitrogens with zero attached hydrogens (tertiary/aromatic N) is 2. The number of pyridine rings is 1. The molecule has 1 heterocycles. The number of nitrogens with one attached hydrogen (secondary N) is 1. The van der Waals surface area contributed by atoms with Crippen molar-refractivity contribution in [3.63, 3.8) is 0 Å². The van der Waals surface area contributed by atoms with Gasteiger partial charge in [0.25, 0.3) is 0 Å². The molecule has 0 aliphatic carbocycles. The molecule has 0 aliphatic heterocycles. The Morgan fingerprint density at radius 2 is 2.22 bits per heavy atom. The van der Waals surface area contributed by atoms with Gasteiger partial charge in [-0.25, -0.2) is 4.98 Å². The van der Waals surface area contributed by atoms with Gasteiger partial charge in [0, 0.05) is 24.8 Å². The van der Waals surface area contributed by atoms with Gasteiger partial charge in [-0.15, -0.1) is 0 Å². The van der Waals surface area contributed by atoms with Gasteiger partial charge in [0.1, 0.15) is 11.7 Å². The number of hydrogen-bond acceptors (Lipinski definition) is 3. The molecule has 5 heteroatoms. The number of anilines is 1. The van der Waals surface area contributed by atoms with E-state index >= 15 is 0 Å². The molecule has 0 aliphatic rings. The van der Waals surface area contributed by atoms with Gasteiger partial charge >= 0.3 is 0 Å². The number of amidine groups is 1. The molecule has 0 saturated carbocycles. The largest absolute Gasteiger partial charge is 0.384 e. The second-order valence-corrected chi connectivity index (χ2v) is 4.84. The second-order valence-electron chi connectivity index (χ2n) is 4.46. The first-order valence-electron chi connectivity index (χ1n) is 6.25. The van der Waals surface area contributed by atoms with Crippen molar-refractivity contribution in [1.29, 1.82) is 5.41 Å². The molecule has 0 fully saturated rings. The summed E-state index contributed by atoms with van der Waals surface area (Å²) < 4.78 is 0. The normalized spacial score (nSPS) is 12.2. The third kappa shape index (κ3) is 3.35. The molecule has 1 aromatic rings. The number of nitrogens with two attached hydrogens (primary N) is 1. The summed E-state index contributed by atoms with van der Waals surface area (Å²) in [4.78, 5) is 6.45. The summed E-state index contributed by atoms with van der Waals surface area (Å²) in [6.45, 7) is 8.17. The first-order chi connectivity index (χ1) is 8.51. The zero-order valence-electron chi connectivity index (χ0n) is 11.2. The summed E-state index contributed by atoms with van der Waals surface area (Å²) in [6, 6.07) is 1.67. The smallest absolute Gasteiger partial charge is 0.148 e. The third-order valence-corrected chi connectivity index (χ3v) is 3.44. The van der Waals surface area contributed by atoms with E-state index < -0.39 is 0 Å². The Morgan fingerprint density at radius 1 is 1.56 bits per heavy atom. The summed E-state index contributed by atoms with van der Waals surface area (Å²) in [5, 5.41) is 7.96. The minimum absolute atomic E-state index is 0.0248. The molecule has 3 N–H and O–H groups in total. The Hall–Kier alpha value is -1.29. The molecular formula is C13H21ClN4. The van der Waals surface area contributed by atoms with Crippen molar-refractivity contribution in [2.75, 3.05) is 18.0 Å². The van der Waals surface area contributed by atoms with Crippen molar-refractivity contribution in [2.45, 2.75) is 27.2 Å². The molecule has 1 rings (SSSR count). The number of nitrogen functional groups attached to an aromatic ring is 1. The maximum Gasteiger partial charge on any atom is 0.148 e. The van der Waals surface area contributed by atoms with Crippen LogP contribution >= 0.6 is 11.6 Å². The van der Waals surface area contributed by atoms with Crippen molar-refractivity contribution in [1.82, 2.24) is 4.98 Å². The molecule has 1 unspecified atom stereocenters. The standard InChI is InChI=1S/C13H21ClN4/c1-4-9(3)8-18(5-2)13-11(14)10(12(15)16)6-7-17-13/h6-7,9H,4-5,8H2,1-3H3,(H3,15,16). The molecule has 0 aromatic carbocycles. The van der Waals surface area contributed by atoms with Gasteiger partial charge in [-0.3, -0.25) is 5.41 Å². The van der Waals surface area contributed by atoms with Gasteiger partial charge in [0.15, 0.2) is 0 Å². The van der Waals surface area contributed by atoms with E-state index in [1.165, 1.54) is 0 Å². The topological polar surface area (TPSA) is 66.0 Å². The van der Waals surface area contributed by atoms with Crippen LogP contribution in [-0.4, -0.2) is 23.9 Å². The van der Waals surface area contributed by atoms with Crippen LogP contribution in [-0.2, 0) is 0 Å². The van der Waals surface area contributed by atoms with E-state index in [1.807, 2.05) is 0 Å². The van der Waals surface area contributed by atoms with Gasteiger partial charge in [-0.2, -0.15) is 0 Å². The van der Waals surface area contributed by atoms with Crippen LogP contribution in [0.25, 0.3) is 0 Å². The maximum absolute atomic E-state index is 7.50. The van der Waals surface area contributed by atoms with Crippen molar-refractivity contribution in [3.8, 4) is 0 Å². The van der Waals surface area contributed by atoms with Crippen molar-refractivity contribution in [2.24, 2.45) is 11.7 Å². The molecule has 1 aromatic heterocycles. The van der Waals surface area contributed by atoms with Crippen LogP contribution in [0.1, 0.15) is 32.8 Å². The predicted molar refractivity (Wildman–Crippen MR) is 77.6 cm³/mol. The van der Waals surface area contributed by atoms with Crippen molar-refractivity contribution in [3.05, 3.63) is 22.8 Å². The monoisotopic (exact) mass is 268 g/mol. The Kier molecular flexibility index (Phi) is 5.41. The predicted octanol–water partition coefficient (Wildman–Crippen LogP) is 2.89. The van der Waals surface area contributed by atoms with E-state index in [9.17, 15) is 0 Å². The number of rotatable bonds is 6. The summed E-state index contributed by atoms with van der Waals surface area (Å²) in [6.07, 6.45) is 2.76. The van der Waals surface area contributed by atoms with Gasteiger partial charge in [-0.1, -0.05) is 31.9 Å². The van der Waals surface area contributed by atoms with Gasteiger partial charge in [0.05, 0.1) is 5.02 Å². The van der Waals surface area contributed by atoms with Gasteiger partial charge in [0.2, 0.25) is 0 Å². The third-order valence-electron chi connectivity index (χ3n) is 3.07. The molecule has 100 valence electrons. The van der Waals surface area contributed by atoms with Gasteiger partial charge < -0.3 is 10.6 Å². The van der Waals surface area contributed by atoms with Crippen LogP contribution in [0.2, 0.25) is 5.02 Å².